The largest absolute Gasteiger partial charge is 0.342 e. The highest BCUT2D eigenvalue weighted by Gasteiger charge is 2.38. The van der Waals surface area contributed by atoms with Crippen molar-refractivity contribution >= 4 is 40.0 Å². The van der Waals surface area contributed by atoms with Crippen LogP contribution in [-0.2, 0) is 4.79 Å². The summed E-state index contributed by atoms with van der Waals surface area (Å²) in [5.41, 5.74) is 0. The molecule has 3 amide bonds. The summed E-state index contributed by atoms with van der Waals surface area (Å²) in [4.78, 5) is 33.8. The average molecular weight is 425 g/mol. The Balaban J connectivity index is 1.43. The number of piperidine rings is 1. The number of halogens is 1. The summed E-state index contributed by atoms with van der Waals surface area (Å²) in [6, 6.07) is 0.372. The molecule has 2 heterocycles. The fraction of sp³-hybridized carbons (Fsp3) is 0.750. The lowest BCUT2D eigenvalue weighted by molar-refractivity contribution is -0.134. The number of anilines is 1. The van der Waals surface area contributed by atoms with Crippen LogP contribution in [0, 0.1) is 11.8 Å². The fourth-order valence-electron chi connectivity index (χ4n) is 4.57. The van der Waals surface area contributed by atoms with Crippen molar-refractivity contribution in [2.45, 2.75) is 70.4 Å². The van der Waals surface area contributed by atoms with Crippen molar-refractivity contribution in [2.75, 3.05) is 18.4 Å². The molecule has 1 aromatic rings. The molecule has 1 saturated heterocycles. The quantitative estimate of drug-likeness (QED) is 0.767. The van der Waals surface area contributed by atoms with E-state index in [1.807, 2.05) is 4.90 Å². The molecule has 1 N–H and O–H groups in total. The van der Waals surface area contributed by atoms with Crippen LogP contribution >= 0.6 is 22.9 Å². The molecule has 3 fully saturated rings. The van der Waals surface area contributed by atoms with Gasteiger partial charge in [-0.2, -0.15) is 0 Å². The maximum Gasteiger partial charge on any atom is 0.324 e. The number of carbonyl (C=O) groups excluding carboxylic acids is 2. The molecule has 0 unspecified atom stereocenters. The molecule has 4 rings (SSSR count). The number of thiazole rings is 1. The van der Waals surface area contributed by atoms with E-state index in [0.717, 1.165) is 70.4 Å². The number of nitrogens with zero attached hydrogens (tertiary/aromatic N) is 3. The lowest BCUT2D eigenvalue weighted by Gasteiger charge is -2.44. The van der Waals surface area contributed by atoms with Crippen LogP contribution in [0.1, 0.15) is 58.3 Å². The van der Waals surface area contributed by atoms with Gasteiger partial charge in [0, 0.05) is 31.1 Å². The summed E-state index contributed by atoms with van der Waals surface area (Å²) < 4.78 is 0.570. The normalized spacial score (nSPS) is 26.1. The Bertz CT molecular complexity index is 707. The van der Waals surface area contributed by atoms with Gasteiger partial charge in [-0.15, -0.1) is 0 Å². The van der Waals surface area contributed by atoms with E-state index in [1.165, 1.54) is 11.3 Å². The van der Waals surface area contributed by atoms with Crippen molar-refractivity contribution in [2.24, 2.45) is 11.8 Å². The van der Waals surface area contributed by atoms with Gasteiger partial charge in [0.2, 0.25) is 5.91 Å². The van der Waals surface area contributed by atoms with Gasteiger partial charge in [-0.3, -0.25) is 10.1 Å². The summed E-state index contributed by atoms with van der Waals surface area (Å²) in [6.07, 6.45) is 9.80. The van der Waals surface area contributed by atoms with Gasteiger partial charge in [0.25, 0.3) is 0 Å². The summed E-state index contributed by atoms with van der Waals surface area (Å²) in [6.45, 7) is 3.81. The monoisotopic (exact) mass is 424 g/mol. The molecule has 0 spiro atoms. The Morgan fingerprint density at radius 1 is 1.11 bits per heavy atom. The Morgan fingerprint density at radius 2 is 1.75 bits per heavy atom. The Labute approximate surface area is 175 Å². The second-order valence-corrected chi connectivity index (χ2v) is 10.2. The first-order valence-electron chi connectivity index (χ1n) is 10.5. The molecule has 154 valence electrons. The highest BCUT2D eigenvalue weighted by Crippen LogP contribution is 2.34. The topological polar surface area (TPSA) is 65.5 Å². The number of aromatic nitrogens is 1. The second kappa shape index (κ2) is 8.57. The Morgan fingerprint density at radius 3 is 2.32 bits per heavy atom. The van der Waals surface area contributed by atoms with Crippen molar-refractivity contribution in [3.63, 3.8) is 0 Å². The zero-order chi connectivity index (χ0) is 19.7. The zero-order valence-corrected chi connectivity index (χ0v) is 18.0. The molecule has 0 atom stereocenters. The van der Waals surface area contributed by atoms with Gasteiger partial charge in [-0.05, 0) is 57.3 Å². The van der Waals surface area contributed by atoms with Gasteiger partial charge < -0.3 is 9.80 Å². The van der Waals surface area contributed by atoms with Gasteiger partial charge in [0.15, 0.2) is 5.13 Å². The highest BCUT2D eigenvalue weighted by atomic mass is 35.5. The third-order valence-electron chi connectivity index (χ3n) is 6.40. The van der Waals surface area contributed by atoms with Crippen LogP contribution in [0.2, 0.25) is 4.34 Å². The molecule has 2 aliphatic carbocycles. The van der Waals surface area contributed by atoms with Gasteiger partial charge in [-0.25, -0.2) is 9.78 Å². The minimum absolute atomic E-state index is 0.0717. The van der Waals surface area contributed by atoms with E-state index in [2.05, 4.69) is 22.1 Å². The summed E-state index contributed by atoms with van der Waals surface area (Å²) in [5, 5.41) is 3.51. The smallest absolute Gasteiger partial charge is 0.324 e. The van der Waals surface area contributed by atoms with Crippen LogP contribution in [0.4, 0.5) is 9.93 Å². The number of urea groups is 1. The SMILES string of the molecule is C[C@H]1CC[C@H](N(C(=O)Nc2ncc(Cl)s2)C2CCN(C(=O)C3CC3)CC2)CC1. The van der Waals surface area contributed by atoms with Gasteiger partial charge >= 0.3 is 6.03 Å². The molecule has 1 aliphatic heterocycles. The first kappa shape index (κ1) is 20.0. The first-order chi connectivity index (χ1) is 13.5. The molecule has 1 aromatic heterocycles. The number of hydrogen-bond acceptors (Lipinski definition) is 4. The second-order valence-electron chi connectivity index (χ2n) is 8.55. The molecule has 8 heteroatoms. The zero-order valence-electron chi connectivity index (χ0n) is 16.4. The van der Waals surface area contributed by atoms with Crippen molar-refractivity contribution in [3.05, 3.63) is 10.5 Å². The molecule has 2 saturated carbocycles. The predicted molar refractivity (Wildman–Crippen MR) is 112 cm³/mol. The van der Waals surface area contributed by atoms with Gasteiger partial charge in [-0.1, -0.05) is 29.9 Å². The van der Waals surface area contributed by atoms with Gasteiger partial charge in [0.1, 0.15) is 4.34 Å². The highest BCUT2D eigenvalue weighted by molar-refractivity contribution is 7.19. The predicted octanol–water partition coefficient (Wildman–Crippen LogP) is 4.61. The van der Waals surface area contributed by atoms with Crippen LogP contribution in [0.5, 0.6) is 0 Å². The van der Waals surface area contributed by atoms with Gasteiger partial charge in [0.05, 0.1) is 6.20 Å². The van der Waals surface area contributed by atoms with Crippen LogP contribution in [0.3, 0.4) is 0 Å². The molecule has 28 heavy (non-hydrogen) atoms. The lowest BCUT2D eigenvalue weighted by Crippen LogP contribution is -2.54. The van der Waals surface area contributed by atoms with E-state index in [1.54, 1.807) is 6.20 Å². The van der Waals surface area contributed by atoms with E-state index in [0.29, 0.717) is 15.4 Å². The minimum Gasteiger partial charge on any atom is -0.342 e. The Kier molecular flexibility index (Phi) is 6.11. The molecule has 6 nitrogen and oxygen atoms in total. The summed E-state index contributed by atoms with van der Waals surface area (Å²) >= 11 is 7.25. The molecule has 0 aromatic carbocycles. The first-order valence-corrected chi connectivity index (χ1v) is 11.7. The van der Waals surface area contributed by atoms with E-state index in [9.17, 15) is 9.59 Å². The van der Waals surface area contributed by atoms with Crippen molar-refractivity contribution < 1.29 is 9.59 Å². The van der Waals surface area contributed by atoms with E-state index in [-0.39, 0.29) is 24.0 Å². The molecule has 0 radical (unpaired) electrons. The third-order valence-corrected chi connectivity index (χ3v) is 7.43. The molecular formula is C20H29ClN4O2S. The van der Waals surface area contributed by atoms with E-state index >= 15 is 0 Å². The van der Waals surface area contributed by atoms with E-state index in [4.69, 9.17) is 11.6 Å². The van der Waals surface area contributed by atoms with Crippen molar-refractivity contribution in [1.29, 1.82) is 0 Å². The van der Waals surface area contributed by atoms with E-state index < -0.39 is 0 Å². The van der Waals surface area contributed by atoms with Crippen LogP contribution in [0.25, 0.3) is 0 Å². The van der Waals surface area contributed by atoms with Crippen LogP contribution in [0.15, 0.2) is 6.20 Å². The minimum atomic E-state index is -0.0717. The standard InChI is InChI=1S/C20H29ClN4O2S/c1-13-2-6-15(7-3-13)25(20(27)23-19-22-12-17(21)28-19)16-8-10-24(11-9-16)18(26)14-4-5-14/h12-16H,2-11H2,1H3,(H,22,23,27)/t13-,15-. The lowest BCUT2D eigenvalue weighted by atomic mass is 9.85. The summed E-state index contributed by atoms with van der Waals surface area (Å²) in [7, 11) is 0. The fourth-order valence-corrected chi connectivity index (χ4v) is 5.37. The number of likely N-dealkylation sites (tertiary alicyclic amines) is 1. The average Bonchev–Trinajstić information content (AvgIpc) is 3.46. The number of amides is 3. The van der Waals surface area contributed by atoms with Crippen LogP contribution < -0.4 is 5.32 Å². The maximum absolute atomic E-state index is 13.2. The van der Waals surface area contributed by atoms with Crippen molar-refractivity contribution in [1.82, 2.24) is 14.8 Å². The maximum atomic E-state index is 13.2. The number of carbonyl (C=O) groups is 2. The number of rotatable bonds is 4. The molecule has 3 aliphatic rings. The van der Waals surface area contributed by atoms with Crippen LogP contribution in [-0.4, -0.2) is 51.9 Å². The third kappa shape index (κ3) is 4.62. The molecular weight excluding hydrogens is 396 g/mol. The number of hydrogen-bond donors (Lipinski definition) is 1. The van der Waals surface area contributed by atoms with Crippen molar-refractivity contribution in [3.8, 4) is 0 Å². The number of nitrogens with one attached hydrogen (secondary N) is 1. The molecule has 0 bridgehead atoms. The summed E-state index contributed by atoms with van der Waals surface area (Å²) in [5.74, 6) is 1.32. The Hall–Kier alpha value is -1.34.